The Morgan fingerprint density at radius 3 is 2.68 bits per heavy atom. The van der Waals surface area contributed by atoms with Crippen molar-refractivity contribution in [1.29, 1.82) is 0 Å². The molecule has 3 heterocycles. The molecule has 0 atom stereocenters. The van der Waals surface area contributed by atoms with E-state index in [-0.39, 0.29) is 0 Å². The number of anilines is 3. The summed E-state index contributed by atoms with van der Waals surface area (Å²) in [5.74, 6) is 2.35. The predicted molar refractivity (Wildman–Crippen MR) is 127 cm³/mol. The number of nitrogens with one attached hydrogen (secondary N) is 3. The van der Waals surface area contributed by atoms with E-state index in [1.807, 2.05) is 61.6 Å². The molecule has 1 aliphatic rings. The lowest BCUT2D eigenvalue weighted by atomic mass is 10.1. The van der Waals surface area contributed by atoms with Crippen molar-refractivity contribution in [2.45, 2.75) is 6.92 Å². The first kappa shape index (κ1) is 20.5. The standard InChI is InChI=1S/C23H26N8/c1-3-6-19-16-21(30-29-19)26-22-25-20(10-9-18-8-5-7-17(4-2)15-18)27-23(28-22)31-13-11-24-12-14-31/h3-10,15-16,24H,2,11-14H2,1H3,(H2,25,26,27,28,29,30)/b6-3+,10-9+. The van der Waals surface area contributed by atoms with Crippen molar-refractivity contribution >= 4 is 42.0 Å². The summed E-state index contributed by atoms with van der Waals surface area (Å²) in [6.07, 6.45) is 9.62. The molecule has 3 N–H and O–H groups in total. The topological polar surface area (TPSA) is 94.7 Å². The predicted octanol–water partition coefficient (Wildman–Crippen LogP) is 3.59. The number of aromatic nitrogens is 5. The summed E-state index contributed by atoms with van der Waals surface area (Å²) in [4.78, 5) is 16.1. The number of aromatic amines is 1. The van der Waals surface area contributed by atoms with Gasteiger partial charge in [0.2, 0.25) is 11.9 Å². The minimum Gasteiger partial charge on any atom is -0.338 e. The Morgan fingerprint density at radius 2 is 1.87 bits per heavy atom. The van der Waals surface area contributed by atoms with Gasteiger partial charge >= 0.3 is 0 Å². The van der Waals surface area contributed by atoms with E-state index in [2.05, 4.69) is 53.3 Å². The lowest BCUT2D eigenvalue weighted by Gasteiger charge is -2.27. The van der Waals surface area contributed by atoms with E-state index in [0.29, 0.717) is 23.5 Å². The first-order valence-electron chi connectivity index (χ1n) is 10.3. The van der Waals surface area contributed by atoms with Crippen LogP contribution in [0.5, 0.6) is 0 Å². The van der Waals surface area contributed by atoms with Crippen LogP contribution in [0, 0.1) is 0 Å². The van der Waals surface area contributed by atoms with Crippen molar-refractivity contribution in [3.05, 3.63) is 65.6 Å². The van der Waals surface area contributed by atoms with Gasteiger partial charge in [-0.1, -0.05) is 43.0 Å². The van der Waals surface area contributed by atoms with Gasteiger partial charge in [-0.25, -0.2) is 0 Å². The summed E-state index contributed by atoms with van der Waals surface area (Å²) in [5, 5.41) is 13.8. The zero-order valence-corrected chi connectivity index (χ0v) is 17.5. The SMILES string of the molecule is C=Cc1cccc(/C=C/c2nc(Nc3cc(/C=C/C)[nH]n3)nc(N3CCNCC3)n2)c1. The third-order valence-corrected chi connectivity index (χ3v) is 4.80. The third kappa shape index (κ3) is 5.43. The quantitative estimate of drug-likeness (QED) is 0.544. The monoisotopic (exact) mass is 414 g/mol. The molecule has 8 heteroatoms. The molecule has 0 unspecified atom stereocenters. The summed E-state index contributed by atoms with van der Waals surface area (Å²) in [6.45, 7) is 9.29. The third-order valence-electron chi connectivity index (χ3n) is 4.80. The molecular weight excluding hydrogens is 388 g/mol. The van der Waals surface area contributed by atoms with Gasteiger partial charge in [0.1, 0.15) is 0 Å². The molecule has 0 aliphatic carbocycles. The fourth-order valence-electron chi connectivity index (χ4n) is 3.26. The van der Waals surface area contributed by atoms with Crippen molar-refractivity contribution in [2.75, 3.05) is 36.4 Å². The van der Waals surface area contributed by atoms with Crippen LogP contribution in [-0.4, -0.2) is 51.3 Å². The zero-order valence-electron chi connectivity index (χ0n) is 17.5. The van der Waals surface area contributed by atoms with Crippen molar-refractivity contribution in [3.63, 3.8) is 0 Å². The Bertz CT molecular complexity index is 1090. The first-order chi connectivity index (χ1) is 15.2. The van der Waals surface area contributed by atoms with Gasteiger partial charge in [-0.2, -0.15) is 20.1 Å². The Morgan fingerprint density at radius 1 is 1.03 bits per heavy atom. The van der Waals surface area contributed by atoms with Crippen LogP contribution in [0.2, 0.25) is 0 Å². The molecule has 1 aliphatic heterocycles. The van der Waals surface area contributed by atoms with Crippen molar-refractivity contribution < 1.29 is 0 Å². The molecule has 0 amide bonds. The molecule has 1 fully saturated rings. The van der Waals surface area contributed by atoms with Crippen LogP contribution < -0.4 is 15.5 Å². The molecule has 8 nitrogen and oxygen atoms in total. The Balaban J connectivity index is 1.63. The average molecular weight is 415 g/mol. The molecule has 0 bridgehead atoms. The largest absolute Gasteiger partial charge is 0.338 e. The van der Waals surface area contributed by atoms with Gasteiger partial charge in [0.05, 0.1) is 5.69 Å². The number of benzene rings is 1. The molecule has 0 radical (unpaired) electrons. The van der Waals surface area contributed by atoms with E-state index in [4.69, 9.17) is 0 Å². The maximum absolute atomic E-state index is 4.68. The number of H-pyrrole nitrogens is 1. The normalized spacial score (nSPS) is 14.4. The molecule has 3 aromatic rings. The first-order valence-corrected chi connectivity index (χ1v) is 10.3. The van der Waals surface area contributed by atoms with Gasteiger partial charge in [0.15, 0.2) is 11.6 Å². The molecular formula is C23H26N8. The fraction of sp³-hybridized carbons (Fsp3) is 0.217. The van der Waals surface area contributed by atoms with Crippen LogP contribution in [-0.2, 0) is 0 Å². The van der Waals surface area contributed by atoms with E-state index >= 15 is 0 Å². The highest BCUT2D eigenvalue weighted by atomic mass is 15.3. The zero-order chi connectivity index (χ0) is 21.5. The van der Waals surface area contributed by atoms with Crippen LogP contribution in [0.3, 0.4) is 0 Å². The number of nitrogens with zero attached hydrogens (tertiary/aromatic N) is 5. The molecule has 1 aromatic carbocycles. The second-order valence-corrected chi connectivity index (χ2v) is 7.10. The highest BCUT2D eigenvalue weighted by molar-refractivity contribution is 5.69. The van der Waals surface area contributed by atoms with E-state index in [1.165, 1.54) is 0 Å². The van der Waals surface area contributed by atoms with Crippen LogP contribution in [0.4, 0.5) is 17.7 Å². The van der Waals surface area contributed by atoms with Gasteiger partial charge in [-0.3, -0.25) is 5.10 Å². The Labute approximate surface area is 181 Å². The summed E-state index contributed by atoms with van der Waals surface area (Å²) in [6, 6.07) is 10.0. The minimum atomic E-state index is 0.460. The summed E-state index contributed by atoms with van der Waals surface area (Å²) < 4.78 is 0. The lowest BCUT2D eigenvalue weighted by Crippen LogP contribution is -2.44. The second kappa shape index (κ2) is 9.82. The van der Waals surface area contributed by atoms with Crippen LogP contribution in [0.25, 0.3) is 24.3 Å². The Kier molecular flexibility index (Phi) is 6.49. The molecule has 0 saturated carbocycles. The van der Waals surface area contributed by atoms with Crippen LogP contribution >= 0.6 is 0 Å². The number of allylic oxidation sites excluding steroid dienone is 1. The molecule has 1 saturated heterocycles. The number of rotatable bonds is 7. The van der Waals surface area contributed by atoms with Gasteiger partial charge in [-0.05, 0) is 36.3 Å². The highest BCUT2D eigenvalue weighted by Gasteiger charge is 2.16. The van der Waals surface area contributed by atoms with Crippen LogP contribution in [0.1, 0.15) is 29.6 Å². The maximum Gasteiger partial charge on any atom is 0.233 e. The van der Waals surface area contributed by atoms with Gasteiger partial charge in [0.25, 0.3) is 0 Å². The summed E-state index contributed by atoms with van der Waals surface area (Å²) in [5.41, 5.74) is 3.03. The van der Waals surface area contributed by atoms with E-state index in [1.54, 1.807) is 0 Å². The van der Waals surface area contributed by atoms with Gasteiger partial charge in [0, 0.05) is 32.2 Å². The summed E-state index contributed by atoms with van der Waals surface area (Å²) in [7, 11) is 0. The van der Waals surface area contributed by atoms with Crippen molar-refractivity contribution in [3.8, 4) is 0 Å². The van der Waals surface area contributed by atoms with E-state index in [9.17, 15) is 0 Å². The van der Waals surface area contributed by atoms with Crippen molar-refractivity contribution in [2.24, 2.45) is 0 Å². The van der Waals surface area contributed by atoms with Gasteiger partial charge in [-0.15, -0.1) is 0 Å². The van der Waals surface area contributed by atoms with E-state index in [0.717, 1.165) is 43.0 Å². The lowest BCUT2D eigenvalue weighted by molar-refractivity contribution is 0.579. The molecule has 31 heavy (non-hydrogen) atoms. The smallest absolute Gasteiger partial charge is 0.233 e. The Hall–Kier alpha value is -3.78. The summed E-state index contributed by atoms with van der Waals surface area (Å²) >= 11 is 0. The minimum absolute atomic E-state index is 0.460. The molecule has 0 spiro atoms. The second-order valence-electron chi connectivity index (χ2n) is 7.10. The number of piperazine rings is 1. The number of hydrogen-bond acceptors (Lipinski definition) is 7. The van der Waals surface area contributed by atoms with Gasteiger partial charge < -0.3 is 15.5 Å². The molecule has 158 valence electrons. The highest BCUT2D eigenvalue weighted by Crippen LogP contribution is 2.18. The van der Waals surface area contributed by atoms with Crippen molar-refractivity contribution in [1.82, 2.24) is 30.5 Å². The maximum atomic E-state index is 4.68. The fourth-order valence-corrected chi connectivity index (χ4v) is 3.26. The molecule has 2 aromatic heterocycles. The van der Waals surface area contributed by atoms with E-state index < -0.39 is 0 Å². The van der Waals surface area contributed by atoms with Crippen LogP contribution in [0.15, 0.2) is 43.0 Å². The molecule has 4 rings (SSSR count). The average Bonchev–Trinajstić information content (AvgIpc) is 3.25. The number of hydrogen-bond donors (Lipinski definition) is 3.